The van der Waals surface area contributed by atoms with Gasteiger partial charge in [0.2, 0.25) is 0 Å². The molecular weight excluding hydrogens is 376 g/mol. The summed E-state index contributed by atoms with van der Waals surface area (Å²) in [4.78, 5) is 0. The average Bonchev–Trinajstić information content (AvgIpc) is 3.00. The quantitative estimate of drug-likeness (QED) is 0.585. The van der Waals surface area contributed by atoms with Crippen LogP contribution in [0.5, 0.6) is 0 Å². The van der Waals surface area contributed by atoms with Crippen LogP contribution in [0.1, 0.15) is 79.1 Å². The van der Waals surface area contributed by atoms with Gasteiger partial charge in [-0.15, -0.1) is 0 Å². The van der Waals surface area contributed by atoms with Crippen molar-refractivity contribution in [2.45, 2.75) is 103 Å². The zero-order valence-electron chi connectivity index (χ0n) is 19.4. The lowest BCUT2D eigenvalue weighted by Gasteiger charge is -2.44. The maximum atomic E-state index is 10.1. The van der Waals surface area contributed by atoms with Gasteiger partial charge in [0.05, 0.1) is 23.9 Å². The topological polar surface area (TPSA) is 69.9 Å². The summed E-state index contributed by atoms with van der Waals surface area (Å²) < 4.78 is 6.19. The van der Waals surface area contributed by atoms with E-state index in [0.717, 1.165) is 17.6 Å². The molecule has 4 nitrogen and oxygen atoms in total. The number of aliphatic hydroxyl groups is 3. The van der Waals surface area contributed by atoms with Crippen molar-refractivity contribution in [3.05, 3.63) is 35.5 Å². The van der Waals surface area contributed by atoms with E-state index in [-0.39, 0.29) is 11.5 Å². The van der Waals surface area contributed by atoms with Crippen molar-refractivity contribution >= 4 is 0 Å². The van der Waals surface area contributed by atoms with Crippen LogP contribution in [0, 0.1) is 17.3 Å². The van der Waals surface area contributed by atoms with Gasteiger partial charge in [-0.1, -0.05) is 31.2 Å². The Labute approximate surface area is 182 Å². The molecule has 0 saturated heterocycles. The number of fused-ring (bicyclic) bond motifs is 1. The Balaban J connectivity index is 1.70. The van der Waals surface area contributed by atoms with E-state index in [2.05, 4.69) is 32.6 Å². The van der Waals surface area contributed by atoms with E-state index < -0.39 is 17.8 Å². The summed E-state index contributed by atoms with van der Waals surface area (Å²) in [5, 5.41) is 30.1. The SMILES string of the molecule is C=C1/C(=C\C=C2/CCC[C@@]3(C)C2CC[C@@H]3[C@H](C)OCCC(C)(C)O)C[C@@H](O)C[C@@H]1O. The van der Waals surface area contributed by atoms with Crippen molar-refractivity contribution in [2.24, 2.45) is 17.3 Å². The molecule has 0 aliphatic heterocycles. The fourth-order valence-corrected chi connectivity index (χ4v) is 6.13. The first-order valence-electron chi connectivity index (χ1n) is 11.8. The highest BCUT2D eigenvalue weighted by Crippen LogP contribution is 2.58. The van der Waals surface area contributed by atoms with E-state index in [1.165, 1.54) is 31.3 Å². The Morgan fingerprint density at radius 2 is 2.00 bits per heavy atom. The summed E-state index contributed by atoms with van der Waals surface area (Å²) in [6, 6.07) is 0. The Morgan fingerprint density at radius 1 is 1.27 bits per heavy atom. The lowest BCUT2D eigenvalue weighted by atomic mass is 9.62. The molecule has 0 radical (unpaired) electrons. The minimum absolute atomic E-state index is 0.198. The van der Waals surface area contributed by atoms with Crippen LogP contribution in [-0.2, 0) is 4.74 Å². The number of ether oxygens (including phenoxy) is 1. The third-order valence-electron chi connectivity index (χ3n) is 7.96. The second kappa shape index (κ2) is 9.28. The van der Waals surface area contributed by atoms with E-state index in [1.54, 1.807) is 0 Å². The molecule has 30 heavy (non-hydrogen) atoms. The lowest BCUT2D eigenvalue weighted by molar-refractivity contribution is -0.0454. The summed E-state index contributed by atoms with van der Waals surface area (Å²) in [6.45, 7) is 13.0. The van der Waals surface area contributed by atoms with Gasteiger partial charge >= 0.3 is 0 Å². The number of rotatable bonds is 6. The number of aliphatic hydroxyl groups excluding tert-OH is 2. The van der Waals surface area contributed by atoms with Crippen LogP contribution in [0.4, 0.5) is 0 Å². The molecule has 0 aromatic heterocycles. The Bertz CT molecular complexity index is 686. The monoisotopic (exact) mass is 418 g/mol. The molecule has 3 saturated carbocycles. The maximum Gasteiger partial charge on any atom is 0.0811 e. The number of allylic oxidation sites excluding steroid dienone is 3. The smallest absolute Gasteiger partial charge is 0.0811 e. The predicted molar refractivity (Wildman–Crippen MR) is 121 cm³/mol. The van der Waals surface area contributed by atoms with Crippen molar-refractivity contribution in [1.82, 2.24) is 0 Å². The van der Waals surface area contributed by atoms with E-state index in [4.69, 9.17) is 4.74 Å². The molecule has 0 aromatic rings. The Kier molecular flexibility index (Phi) is 7.33. The molecule has 3 rings (SSSR count). The highest BCUT2D eigenvalue weighted by molar-refractivity contribution is 5.38. The normalized spacial score (nSPS) is 38.8. The molecule has 170 valence electrons. The molecule has 3 fully saturated rings. The first kappa shape index (κ1) is 23.7. The molecule has 1 unspecified atom stereocenters. The van der Waals surface area contributed by atoms with Gasteiger partial charge in [0.15, 0.2) is 0 Å². The molecule has 0 heterocycles. The maximum absolute atomic E-state index is 10.1. The van der Waals surface area contributed by atoms with Gasteiger partial charge in [-0.3, -0.25) is 0 Å². The van der Waals surface area contributed by atoms with Gasteiger partial charge in [-0.25, -0.2) is 0 Å². The summed E-state index contributed by atoms with van der Waals surface area (Å²) in [7, 11) is 0. The summed E-state index contributed by atoms with van der Waals surface area (Å²) in [5.74, 6) is 1.11. The highest BCUT2D eigenvalue weighted by atomic mass is 16.5. The summed E-state index contributed by atoms with van der Waals surface area (Å²) >= 11 is 0. The van der Waals surface area contributed by atoms with E-state index in [0.29, 0.717) is 37.7 Å². The molecule has 0 spiro atoms. The van der Waals surface area contributed by atoms with Crippen molar-refractivity contribution < 1.29 is 20.1 Å². The molecule has 4 heteroatoms. The van der Waals surface area contributed by atoms with Crippen LogP contribution >= 0.6 is 0 Å². The highest BCUT2D eigenvalue weighted by Gasteiger charge is 2.51. The summed E-state index contributed by atoms with van der Waals surface area (Å²) in [6.07, 6.45) is 11.0. The van der Waals surface area contributed by atoms with Crippen molar-refractivity contribution in [3.8, 4) is 0 Å². The zero-order chi connectivity index (χ0) is 22.1. The first-order valence-corrected chi connectivity index (χ1v) is 11.8. The van der Waals surface area contributed by atoms with Gasteiger partial charge in [-0.2, -0.15) is 0 Å². The van der Waals surface area contributed by atoms with E-state index in [1.807, 2.05) is 13.8 Å². The molecule has 6 atom stereocenters. The van der Waals surface area contributed by atoms with Crippen molar-refractivity contribution in [1.29, 1.82) is 0 Å². The molecule has 3 aliphatic rings. The minimum atomic E-state index is -0.680. The molecule has 0 aromatic carbocycles. The standard InChI is InChI=1S/C26H42O4/c1-17-20(15-21(27)16-24(17)28)9-8-19-7-6-12-26(5)22(10-11-23(19)26)18(2)30-14-13-25(3,4)29/h8-9,18,21-24,27-29H,1,6-7,10-16H2,2-5H3/b19-8+,20-9-/t18-,21+,22+,23?,24-,26+/m0/s1. The third-order valence-corrected chi connectivity index (χ3v) is 7.96. The van der Waals surface area contributed by atoms with Crippen molar-refractivity contribution in [2.75, 3.05) is 6.61 Å². The number of hydrogen-bond acceptors (Lipinski definition) is 4. The van der Waals surface area contributed by atoms with Gasteiger partial charge in [0.1, 0.15) is 0 Å². The van der Waals surface area contributed by atoms with E-state index >= 15 is 0 Å². The van der Waals surface area contributed by atoms with Gasteiger partial charge in [0.25, 0.3) is 0 Å². The second-order valence-corrected chi connectivity index (χ2v) is 10.8. The fraction of sp³-hybridized carbons (Fsp3) is 0.769. The predicted octanol–water partition coefficient (Wildman–Crippen LogP) is 4.69. The van der Waals surface area contributed by atoms with Crippen LogP contribution in [0.15, 0.2) is 35.5 Å². The van der Waals surface area contributed by atoms with Crippen LogP contribution in [0.25, 0.3) is 0 Å². The average molecular weight is 419 g/mol. The molecular formula is C26H42O4. The molecule has 3 N–H and O–H groups in total. The molecule has 3 aliphatic carbocycles. The zero-order valence-corrected chi connectivity index (χ0v) is 19.4. The Hall–Kier alpha value is -0.940. The first-order chi connectivity index (χ1) is 14.0. The van der Waals surface area contributed by atoms with Crippen LogP contribution in [-0.4, -0.2) is 45.8 Å². The largest absolute Gasteiger partial charge is 0.393 e. The van der Waals surface area contributed by atoms with Crippen LogP contribution in [0.3, 0.4) is 0 Å². The van der Waals surface area contributed by atoms with Gasteiger partial charge in [0, 0.05) is 13.0 Å². The summed E-state index contributed by atoms with van der Waals surface area (Å²) in [5.41, 5.74) is 2.82. The Morgan fingerprint density at radius 3 is 2.70 bits per heavy atom. The van der Waals surface area contributed by atoms with Crippen molar-refractivity contribution in [3.63, 3.8) is 0 Å². The number of hydrogen-bond donors (Lipinski definition) is 3. The molecule has 0 amide bonds. The third kappa shape index (κ3) is 5.27. The fourth-order valence-electron chi connectivity index (χ4n) is 6.13. The minimum Gasteiger partial charge on any atom is -0.393 e. The lowest BCUT2D eigenvalue weighted by Crippen LogP contribution is -2.39. The van der Waals surface area contributed by atoms with Crippen LogP contribution < -0.4 is 0 Å². The van der Waals surface area contributed by atoms with Crippen LogP contribution in [0.2, 0.25) is 0 Å². The van der Waals surface area contributed by atoms with Gasteiger partial charge < -0.3 is 20.1 Å². The second-order valence-electron chi connectivity index (χ2n) is 10.8. The molecule has 0 bridgehead atoms. The van der Waals surface area contributed by atoms with Gasteiger partial charge in [-0.05, 0) is 94.1 Å². The van der Waals surface area contributed by atoms with E-state index in [9.17, 15) is 15.3 Å².